The van der Waals surface area contributed by atoms with E-state index in [1.165, 1.54) is 12.1 Å². The third kappa shape index (κ3) is 3.58. The molecule has 2 aromatic rings. The summed E-state index contributed by atoms with van der Waals surface area (Å²) in [6, 6.07) is 7.95. The molecule has 0 aliphatic carbocycles. The fourth-order valence-electron chi connectivity index (χ4n) is 2.65. The summed E-state index contributed by atoms with van der Waals surface area (Å²) in [7, 11) is 0. The Balaban J connectivity index is 1.54. The number of aliphatic hydroxyl groups excluding tert-OH is 1. The molecule has 1 aromatic heterocycles. The van der Waals surface area contributed by atoms with E-state index in [0.29, 0.717) is 12.1 Å². The van der Waals surface area contributed by atoms with E-state index in [9.17, 15) is 9.50 Å². The van der Waals surface area contributed by atoms with Crippen LogP contribution in [0.2, 0.25) is 0 Å². The van der Waals surface area contributed by atoms with Gasteiger partial charge in [0.15, 0.2) is 0 Å². The predicted molar refractivity (Wildman–Crippen MR) is 82.0 cm³/mol. The molecule has 1 fully saturated rings. The summed E-state index contributed by atoms with van der Waals surface area (Å²) in [4.78, 5) is 12.8. The SMILES string of the molecule is O[C@H](CN1CCN(c2ncccn2)CC1)c1cccc(F)c1. The molecule has 1 saturated heterocycles. The smallest absolute Gasteiger partial charge is 0.225 e. The van der Waals surface area contributed by atoms with Gasteiger partial charge in [0.05, 0.1) is 6.10 Å². The molecule has 116 valence electrons. The van der Waals surface area contributed by atoms with Crippen LogP contribution in [0.1, 0.15) is 11.7 Å². The van der Waals surface area contributed by atoms with Crippen molar-refractivity contribution in [2.75, 3.05) is 37.6 Å². The van der Waals surface area contributed by atoms with Crippen LogP contribution in [0.25, 0.3) is 0 Å². The first-order valence-electron chi connectivity index (χ1n) is 7.40. The quantitative estimate of drug-likeness (QED) is 0.927. The van der Waals surface area contributed by atoms with Crippen molar-refractivity contribution < 1.29 is 9.50 Å². The number of hydrogen-bond donors (Lipinski definition) is 1. The molecule has 1 aliphatic rings. The highest BCUT2D eigenvalue weighted by Crippen LogP contribution is 2.17. The predicted octanol–water partition coefficient (Wildman–Crippen LogP) is 1.47. The van der Waals surface area contributed by atoms with Gasteiger partial charge < -0.3 is 10.0 Å². The van der Waals surface area contributed by atoms with E-state index in [-0.39, 0.29) is 5.82 Å². The van der Waals surface area contributed by atoms with Gasteiger partial charge in [-0.1, -0.05) is 12.1 Å². The normalized spacial score (nSPS) is 17.5. The lowest BCUT2D eigenvalue weighted by Gasteiger charge is -2.35. The van der Waals surface area contributed by atoms with Crippen molar-refractivity contribution in [1.82, 2.24) is 14.9 Å². The van der Waals surface area contributed by atoms with E-state index in [4.69, 9.17) is 0 Å². The molecule has 0 radical (unpaired) electrons. The Kier molecular flexibility index (Phi) is 4.60. The van der Waals surface area contributed by atoms with Crippen molar-refractivity contribution in [3.8, 4) is 0 Å². The maximum Gasteiger partial charge on any atom is 0.225 e. The lowest BCUT2D eigenvalue weighted by atomic mass is 10.1. The highest BCUT2D eigenvalue weighted by Gasteiger charge is 2.21. The second-order valence-electron chi connectivity index (χ2n) is 5.41. The minimum absolute atomic E-state index is 0.317. The van der Waals surface area contributed by atoms with E-state index in [1.807, 2.05) is 0 Å². The molecule has 3 rings (SSSR count). The monoisotopic (exact) mass is 302 g/mol. The number of benzene rings is 1. The summed E-state index contributed by atoms with van der Waals surface area (Å²) in [6.45, 7) is 3.79. The third-order valence-electron chi connectivity index (χ3n) is 3.87. The summed E-state index contributed by atoms with van der Waals surface area (Å²) in [5.41, 5.74) is 0.619. The van der Waals surface area contributed by atoms with Crippen LogP contribution in [0.4, 0.5) is 10.3 Å². The van der Waals surface area contributed by atoms with E-state index < -0.39 is 6.10 Å². The summed E-state index contributed by atoms with van der Waals surface area (Å²) in [5.74, 6) is 0.426. The van der Waals surface area contributed by atoms with Crippen LogP contribution in [-0.4, -0.2) is 52.7 Å². The summed E-state index contributed by atoms with van der Waals surface area (Å²) in [5, 5.41) is 10.2. The Hall–Kier alpha value is -2.05. The molecule has 5 nitrogen and oxygen atoms in total. The standard InChI is InChI=1S/C16H19FN4O/c17-14-4-1-3-13(11-14)15(22)12-20-7-9-21(10-8-20)16-18-5-2-6-19-16/h1-6,11,15,22H,7-10,12H2/t15-/m1/s1. The highest BCUT2D eigenvalue weighted by molar-refractivity contribution is 5.29. The summed E-state index contributed by atoms with van der Waals surface area (Å²) >= 11 is 0. The van der Waals surface area contributed by atoms with Gasteiger partial charge in [-0.2, -0.15) is 0 Å². The highest BCUT2D eigenvalue weighted by atomic mass is 19.1. The van der Waals surface area contributed by atoms with Gasteiger partial charge in [-0.25, -0.2) is 14.4 Å². The lowest BCUT2D eigenvalue weighted by Crippen LogP contribution is -2.48. The van der Waals surface area contributed by atoms with Crippen molar-refractivity contribution in [3.05, 3.63) is 54.1 Å². The van der Waals surface area contributed by atoms with Gasteiger partial charge in [-0.15, -0.1) is 0 Å². The molecule has 0 bridgehead atoms. The second kappa shape index (κ2) is 6.81. The fraction of sp³-hybridized carbons (Fsp3) is 0.375. The zero-order valence-electron chi connectivity index (χ0n) is 12.3. The molecule has 1 atom stereocenters. The zero-order valence-corrected chi connectivity index (χ0v) is 12.3. The molecule has 1 aromatic carbocycles. The van der Waals surface area contributed by atoms with Crippen LogP contribution in [-0.2, 0) is 0 Å². The third-order valence-corrected chi connectivity index (χ3v) is 3.87. The number of nitrogens with zero attached hydrogens (tertiary/aromatic N) is 4. The molecule has 1 aliphatic heterocycles. The van der Waals surface area contributed by atoms with E-state index >= 15 is 0 Å². The average Bonchev–Trinajstić information content (AvgIpc) is 2.56. The molecule has 2 heterocycles. The van der Waals surface area contributed by atoms with Crippen LogP contribution in [0.5, 0.6) is 0 Å². The molecule has 1 N–H and O–H groups in total. The Labute approximate surface area is 129 Å². The Morgan fingerprint density at radius 1 is 1.09 bits per heavy atom. The van der Waals surface area contributed by atoms with Crippen molar-refractivity contribution in [2.24, 2.45) is 0 Å². The van der Waals surface area contributed by atoms with Crippen LogP contribution < -0.4 is 4.90 Å². The lowest BCUT2D eigenvalue weighted by molar-refractivity contribution is 0.109. The molecule has 0 unspecified atom stereocenters. The van der Waals surface area contributed by atoms with Crippen LogP contribution in [0, 0.1) is 5.82 Å². The molecule has 22 heavy (non-hydrogen) atoms. The number of aromatic nitrogens is 2. The van der Waals surface area contributed by atoms with E-state index in [1.54, 1.807) is 30.6 Å². The van der Waals surface area contributed by atoms with Crippen molar-refractivity contribution >= 4 is 5.95 Å². The van der Waals surface area contributed by atoms with E-state index in [0.717, 1.165) is 32.1 Å². The number of halogens is 1. The first-order chi connectivity index (χ1) is 10.7. The molecular weight excluding hydrogens is 283 g/mol. The molecule has 0 saturated carbocycles. The maximum atomic E-state index is 13.2. The number of rotatable bonds is 4. The Morgan fingerprint density at radius 2 is 1.82 bits per heavy atom. The first-order valence-corrected chi connectivity index (χ1v) is 7.40. The number of β-amino-alcohol motifs (C(OH)–C–C–N with tert-alkyl or cyclic N) is 1. The number of hydrogen-bond acceptors (Lipinski definition) is 5. The van der Waals surface area contributed by atoms with Gasteiger partial charge in [0, 0.05) is 45.1 Å². The van der Waals surface area contributed by atoms with Gasteiger partial charge in [-0.05, 0) is 23.8 Å². The van der Waals surface area contributed by atoms with Crippen molar-refractivity contribution in [3.63, 3.8) is 0 Å². The molecular formula is C16H19FN4O. The topological polar surface area (TPSA) is 52.5 Å². The van der Waals surface area contributed by atoms with Gasteiger partial charge in [0.1, 0.15) is 5.82 Å². The molecule has 0 amide bonds. The minimum atomic E-state index is -0.671. The number of anilines is 1. The zero-order chi connectivity index (χ0) is 15.4. The van der Waals surface area contributed by atoms with Gasteiger partial charge in [0.2, 0.25) is 5.95 Å². The second-order valence-corrected chi connectivity index (χ2v) is 5.41. The van der Waals surface area contributed by atoms with Crippen LogP contribution in [0.3, 0.4) is 0 Å². The van der Waals surface area contributed by atoms with Crippen molar-refractivity contribution in [1.29, 1.82) is 0 Å². The maximum absolute atomic E-state index is 13.2. The molecule has 0 spiro atoms. The largest absolute Gasteiger partial charge is 0.387 e. The van der Waals surface area contributed by atoms with Gasteiger partial charge >= 0.3 is 0 Å². The first kappa shape index (κ1) is 14.9. The van der Waals surface area contributed by atoms with Crippen LogP contribution >= 0.6 is 0 Å². The van der Waals surface area contributed by atoms with Gasteiger partial charge in [-0.3, -0.25) is 4.90 Å². The number of aliphatic hydroxyl groups is 1. The van der Waals surface area contributed by atoms with Crippen LogP contribution in [0.15, 0.2) is 42.7 Å². The number of piperazine rings is 1. The van der Waals surface area contributed by atoms with Crippen molar-refractivity contribution in [2.45, 2.75) is 6.10 Å². The fourth-order valence-corrected chi connectivity index (χ4v) is 2.65. The Bertz CT molecular complexity index is 602. The average molecular weight is 302 g/mol. The summed E-state index contributed by atoms with van der Waals surface area (Å²) < 4.78 is 13.2. The van der Waals surface area contributed by atoms with E-state index in [2.05, 4.69) is 19.8 Å². The van der Waals surface area contributed by atoms with Gasteiger partial charge in [0.25, 0.3) is 0 Å². The molecule has 6 heteroatoms. The summed E-state index contributed by atoms with van der Waals surface area (Å²) in [6.07, 6.45) is 2.81. The Morgan fingerprint density at radius 3 is 2.50 bits per heavy atom. The minimum Gasteiger partial charge on any atom is -0.387 e.